The first-order valence-electron chi connectivity index (χ1n) is 10.2. The molecular weight excluding hydrogens is 390 g/mol. The number of imide groups is 1. The van der Waals surface area contributed by atoms with Crippen molar-refractivity contribution in [2.45, 2.75) is 18.6 Å². The number of hydrogen-bond donors (Lipinski definition) is 3. The zero-order chi connectivity index (χ0) is 21.1. The number of fused-ring (bicyclic) bond motifs is 2. The predicted molar refractivity (Wildman–Crippen MR) is 119 cm³/mol. The van der Waals surface area contributed by atoms with Gasteiger partial charge in [0.05, 0.1) is 23.3 Å². The summed E-state index contributed by atoms with van der Waals surface area (Å²) < 4.78 is 2.08. The fraction of sp³-hybridized carbons (Fsp3) is 0.120. The van der Waals surface area contributed by atoms with Gasteiger partial charge in [0.2, 0.25) is 0 Å². The number of amides is 2. The smallest absolute Gasteiger partial charge is 0.259 e. The second kappa shape index (κ2) is 6.55. The van der Waals surface area contributed by atoms with Gasteiger partial charge in [-0.1, -0.05) is 48.6 Å². The Morgan fingerprint density at radius 3 is 2.35 bits per heavy atom. The van der Waals surface area contributed by atoms with Crippen LogP contribution in [0.2, 0.25) is 0 Å². The number of allylic oxidation sites excluding steroid dienone is 1. The minimum Gasteiger partial charge on any atom is -0.389 e. The van der Waals surface area contributed by atoms with E-state index >= 15 is 0 Å². The number of aromatic nitrogens is 2. The van der Waals surface area contributed by atoms with Crippen LogP contribution in [0.5, 0.6) is 0 Å². The number of benzene rings is 2. The summed E-state index contributed by atoms with van der Waals surface area (Å²) in [6, 6.07) is 15.6. The second-order valence-corrected chi connectivity index (χ2v) is 8.00. The van der Waals surface area contributed by atoms with E-state index in [2.05, 4.69) is 14.9 Å². The molecule has 2 aromatic heterocycles. The van der Waals surface area contributed by atoms with Crippen molar-refractivity contribution in [1.29, 1.82) is 0 Å². The molecule has 2 aromatic carbocycles. The fourth-order valence-corrected chi connectivity index (χ4v) is 4.79. The summed E-state index contributed by atoms with van der Waals surface area (Å²) in [7, 11) is 0. The first-order valence-corrected chi connectivity index (χ1v) is 10.2. The van der Waals surface area contributed by atoms with Crippen LogP contribution in [0, 0.1) is 0 Å². The molecule has 2 atom stereocenters. The Labute approximate surface area is 177 Å². The Morgan fingerprint density at radius 1 is 0.871 bits per heavy atom. The summed E-state index contributed by atoms with van der Waals surface area (Å²) in [6.45, 7) is 0. The number of rotatable bonds is 3. The van der Waals surface area contributed by atoms with Crippen LogP contribution in [-0.4, -0.2) is 32.6 Å². The highest BCUT2D eigenvalue weighted by molar-refractivity contribution is 6.50. The molecule has 0 unspecified atom stereocenters. The lowest BCUT2D eigenvalue weighted by molar-refractivity contribution is -0.122. The quantitative estimate of drug-likeness (QED) is 0.357. The summed E-state index contributed by atoms with van der Waals surface area (Å²) in [4.78, 5) is 29.1. The Balaban J connectivity index is 1.63. The molecule has 3 N–H and O–H groups in total. The zero-order valence-corrected chi connectivity index (χ0v) is 16.5. The molecule has 0 spiro atoms. The van der Waals surface area contributed by atoms with Gasteiger partial charge in [-0.05, 0) is 12.1 Å². The Morgan fingerprint density at radius 2 is 1.58 bits per heavy atom. The molecule has 6 heteroatoms. The second-order valence-electron chi connectivity index (χ2n) is 8.00. The van der Waals surface area contributed by atoms with E-state index in [1.54, 1.807) is 12.3 Å². The van der Waals surface area contributed by atoms with Crippen LogP contribution in [0.3, 0.4) is 0 Å². The molecule has 0 saturated heterocycles. The van der Waals surface area contributed by atoms with Gasteiger partial charge in [-0.25, -0.2) is 0 Å². The monoisotopic (exact) mass is 409 g/mol. The van der Waals surface area contributed by atoms with Gasteiger partial charge in [-0.2, -0.15) is 0 Å². The highest BCUT2D eigenvalue weighted by atomic mass is 16.3. The average molecular weight is 409 g/mol. The standard InChI is InChI=1S/C25H19N3O3/c29-15-10-9-14(11-15)28-13-19(17-6-2-4-8-21(17)28)23-22(24(30)27-25(23)31)18-12-26-20-7-3-1-5-16(18)20/h1-10,12-15,26,29H,11H2,(H,27,30,31)/t14-,15+/m0/s1. The number of carbonyl (C=O) groups excluding carboxylic acids is 2. The maximum absolute atomic E-state index is 13.0. The van der Waals surface area contributed by atoms with Crippen molar-refractivity contribution in [3.8, 4) is 0 Å². The van der Waals surface area contributed by atoms with Crippen LogP contribution in [0.15, 0.2) is 73.1 Å². The third-order valence-corrected chi connectivity index (χ3v) is 6.20. The van der Waals surface area contributed by atoms with E-state index in [-0.39, 0.29) is 6.04 Å². The van der Waals surface area contributed by atoms with Gasteiger partial charge in [-0.3, -0.25) is 14.9 Å². The largest absolute Gasteiger partial charge is 0.389 e. The van der Waals surface area contributed by atoms with Gasteiger partial charge in [-0.15, -0.1) is 0 Å². The first kappa shape index (κ1) is 17.9. The molecule has 0 radical (unpaired) electrons. The molecule has 6 rings (SSSR count). The number of aliphatic hydroxyl groups is 1. The third kappa shape index (κ3) is 2.62. The van der Waals surface area contributed by atoms with Crippen LogP contribution in [0.4, 0.5) is 0 Å². The van der Waals surface area contributed by atoms with Crippen LogP contribution >= 0.6 is 0 Å². The molecule has 152 valence electrons. The van der Waals surface area contributed by atoms with E-state index in [1.165, 1.54) is 0 Å². The first-order chi connectivity index (χ1) is 15.1. The summed E-state index contributed by atoms with van der Waals surface area (Å²) in [5.41, 5.74) is 4.05. The van der Waals surface area contributed by atoms with Gasteiger partial charge in [0.1, 0.15) is 0 Å². The van der Waals surface area contributed by atoms with E-state index in [0.29, 0.717) is 28.7 Å². The number of nitrogens with one attached hydrogen (secondary N) is 2. The maximum atomic E-state index is 13.0. The number of nitrogens with zero attached hydrogens (tertiary/aromatic N) is 1. The molecule has 1 aliphatic heterocycles. The van der Waals surface area contributed by atoms with Crippen molar-refractivity contribution in [3.63, 3.8) is 0 Å². The number of H-pyrrole nitrogens is 1. The molecule has 0 fully saturated rings. The molecule has 31 heavy (non-hydrogen) atoms. The normalized spacial score (nSPS) is 21.1. The number of aromatic amines is 1. The lowest BCUT2D eigenvalue weighted by Crippen LogP contribution is -2.22. The molecule has 4 aromatic rings. The minimum atomic E-state index is -0.480. The number of para-hydroxylation sites is 2. The van der Waals surface area contributed by atoms with E-state index in [1.807, 2.05) is 60.8 Å². The predicted octanol–water partition coefficient (Wildman–Crippen LogP) is 3.55. The van der Waals surface area contributed by atoms with Crippen molar-refractivity contribution in [2.75, 3.05) is 0 Å². The van der Waals surface area contributed by atoms with Crippen molar-refractivity contribution >= 4 is 44.8 Å². The third-order valence-electron chi connectivity index (χ3n) is 6.20. The Bertz CT molecular complexity index is 1450. The van der Waals surface area contributed by atoms with Gasteiger partial charge in [0, 0.05) is 51.7 Å². The maximum Gasteiger partial charge on any atom is 0.259 e. The van der Waals surface area contributed by atoms with E-state index in [9.17, 15) is 14.7 Å². The van der Waals surface area contributed by atoms with E-state index < -0.39 is 17.9 Å². The molecule has 0 bridgehead atoms. The fourth-order valence-electron chi connectivity index (χ4n) is 4.79. The Hall–Kier alpha value is -3.90. The van der Waals surface area contributed by atoms with Crippen LogP contribution in [0.1, 0.15) is 23.6 Å². The lowest BCUT2D eigenvalue weighted by atomic mass is 9.95. The Kier molecular flexibility index (Phi) is 3.79. The van der Waals surface area contributed by atoms with Crippen LogP contribution < -0.4 is 5.32 Å². The molecule has 6 nitrogen and oxygen atoms in total. The van der Waals surface area contributed by atoms with Crippen LogP contribution in [-0.2, 0) is 9.59 Å². The van der Waals surface area contributed by atoms with E-state index in [4.69, 9.17) is 0 Å². The van der Waals surface area contributed by atoms with Crippen molar-refractivity contribution < 1.29 is 14.7 Å². The van der Waals surface area contributed by atoms with Crippen molar-refractivity contribution in [3.05, 3.63) is 84.2 Å². The lowest BCUT2D eigenvalue weighted by Gasteiger charge is -2.12. The van der Waals surface area contributed by atoms with Gasteiger partial charge < -0.3 is 14.7 Å². The molecule has 1 aliphatic carbocycles. The molecule has 2 amide bonds. The zero-order valence-electron chi connectivity index (χ0n) is 16.5. The summed E-state index contributed by atoms with van der Waals surface area (Å²) in [5, 5.41) is 14.3. The summed E-state index contributed by atoms with van der Waals surface area (Å²) >= 11 is 0. The number of hydrogen-bond acceptors (Lipinski definition) is 3. The topological polar surface area (TPSA) is 87.1 Å². The van der Waals surface area contributed by atoms with Crippen LogP contribution in [0.25, 0.3) is 33.0 Å². The van der Waals surface area contributed by atoms with Crippen molar-refractivity contribution in [1.82, 2.24) is 14.9 Å². The van der Waals surface area contributed by atoms with Gasteiger partial charge in [0.25, 0.3) is 11.8 Å². The SMILES string of the molecule is O=C1NC(=O)C(c2cn([C@H]3C=C[C@@H](O)C3)c3ccccc23)=C1c1c[nH]c2ccccc12. The number of aliphatic hydroxyl groups excluding tert-OH is 1. The average Bonchev–Trinajstić information content (AvgIpc) is 3.52. The molecule has 2 aliphatic rings. The molecular formula is C25H19N3O3. The summed E-state index contributed by atoms with van der Waals surface area (Å²) in [6.07, 6.45) is 7.59. The van der Waals surface area contributed by atoms with Gasteiger partial charge >= 0.3 is 0 Å². The van der Waals surface area contributed by atoms with Gasteiger partial charge in [0.15, 0.2) is 0 Å². The summed E-state index contributed by atoms with van der Waals surface area (Å²) in [5.74, 6) is -0.784. The highest BCUT2D eigenvalue weighted by Gasteiger charge is 2.35. The van der Waals surface area contributed by atoms with E-state index in [0.717, 1.165) is 21.8 Å². The highest BCUT2D eigenvalue weighted by Crippen LogP contribution is 2.39. The van der Waals surface area contributed by atoms with Crippen molar-refractivity contribution in [2.24, 2.45) is 0 Å². The minimum absolute atomic E-state index is 0.00838. The molecule has 3 heterocycles. The molecule has 0 saturated carbocycles. The number of carbonyl (C=O) groups is 2.